The van der Waals surface area contributed by atoms with Gasteiger partial charge in [-0.3, -0.25) is 4.79 Å². The van der Waals surface area contributed by atoms with E-state index in [0.717, 1.165) is 11.3 Å². The molecule has 0 spiro atoms. The van der Waals surface area contributed by atoms with E-state index in [2.05, 4.69) is 10.4 Å². The lowest BCUT2D eigenvalue weighted by atomic mass is 9.96. The van der Waals surface area contributed by atoms with Gasteiger partial charge in [0, 0.05) is 6.20 Å². The number of nitrogens with one attached hydrogen (secondary N) is 1. The van der Waals surface area contributed by atoms with Crippen LogP contribution >= 0.6 is 0 Å². The highest BCUT2D eigenvalue weighted by molar-refractivity contribution is 5.94. The smallest absolute Gasteiger partial charge is 0.254 e. The molecule has 3 aromatic rings. The Hall–Kier alpha value is -2.95. The van der Waals surface area contributed by atoms with E-state index in [-0.39, 0.29) is 23.7 Å². The van der Waals surface area contributed by atoms with Crippen molar-refractivity contribution in [1.82, 2.24) is 15.1 Å². The average Bonchev–Trinajstić information content (AvgIpc) is 3.11. The monoisotopic (exact) mass is 337 g/mol. The summed E-state index contributed by atoms with van der Waals surface area (Å²) in [5, 5.41) is 7.27. The topological polar surface area (TPSA) is 46.9 Å². The van der Waals surface area contributed by atoms with E-state index < -0.39 is 0 Å². The van der Waals surface area contributed by atoms with Crippen LogP contribution < -0.4 is 5.32 Å². The lowest BCUT2D eigenvalue weighted by Gasteiger charge is -2.22. The first-order valence-electron chi connectivity index (χ1n) is 8.21. The molecule has 1 heterocycles. The van der Waals surface area contributed by atoms with Crippen molar-refractivity contribution in [3.8, 4) is 5.69 Å². The maximum Gasteiger partial charge on any atom is 0.254 e. The van der Waals surface area contributed by atoms with Crippen LogP contribution in [0.15, 0.2) is 67.0 Å². The molecule has 1 atom stereocenters. The van der Waals surface area contributed by atoms with Gasteiger partial charge in [-0.1, -0.05) is 44.2 Å². The minimum Gasteiger partial charge on any atom is -0.345 e. The Morgan fingerprint density at radius 3 is 2.40 bits per heavy atom. The Morgan fingerprint density at radius 2 is 1.76 bits per heavy atom. The summed E-state index contributed by atoms with van der Waals surface area (Å²) in [6, 6.07) is 15.6. The molecule has 1 amide bonds. The SMILES string of the molecule is CC(C)[C@H](NC(=O)c1cnn(-c2ccccc2)c1)c1ccc(F)cc1. The van der Waals surface area contributed by atoms with Gasteiger partial charge in [-0.25, -0.2) is 9.07 Å². The number of hydrogen-bond acceptors (Lipinski definition) is 2. The maximum atomic E-state index is 13.1. The number of nitrogens with zero attached hydrogens (tertiary/aromatic N) is 2. The Morgan fingerprint density at radius 1 is 1.08 bits per heavy atom. The molecule has 3 rings (SSSR count). The minimum atomic E-state index is -0.290. The number of hydrogen-bond donors (Lipinski definition) is 1. The Labute approximate surface area is 146 Å². The van der Waals surface area contributed by atoms with Gasteiger partial charge in [0.2, 0.25) is 0 Å². The summed E-state index contributed by atoms with van der Waals surface area (Å²) in [5.74, 6) is -0.328. The minimum absolute atomic E-state index is 0.165. The van der Waals surface area contributed by atoms with E-state index in [1.165, 1.54) is 12.1 Å². The maximum absolute atomic E-state index is 13.1. The van der Waals surface area contributed by atoms with Gasteiger partial charge < -0.3 is 5.32 Å². The second kappa shape index (κ2) is 7.30. The molecule has 1 aromatic heterocycles. The van der Waals surface area contributed by atoms with Gasteiger partial charge in [-0.2, -0.15) is 5.10 Å². The van der Waals surface area contributed by atoms with E-state index in [4.69, 9.17) is 0 Å². The van der Waals surface area contributed by atoms with Gasteiger partial charge in [0.15, 0.2) is 0 Å². The lowest BCUT2D eigenvalue weighted by molar-refractivity contribution is 0.0925. The number of halogens is 1. The van der Waals surface area contributed by atoms with Crippen molar-refractivity contribution in [2.45, 2.75) is 19.9 Å². The zero-order valence-corrected chi connectivity index (χ0v) is 14.2. The molecule has 0 unspecified atom stereocenters. The van der Waals surface area contributed by atoms with Gasteiger partial charge in [0.25, 0.3) is 5.91 Å². The highest BCUT2D eigenvalue weighted by atomic mass is 19.1. The first kappa shape index (κ1) is 16.9. The third-order valence-corrected chi connectivity index (χ3v) is 4.05. The van der Waals surface area contributed by atoms with Crippen molar-refractivity contribution in [3.63, 3.8) is 0 Å². The van der Waals surface area contributed by atoms with Crippen molar-refractivity contribution in [3.05, 3.63) is 83.9 Å². The van der Waals surface area contributed by atoms with Gasteiger partial charge in [-0.15, -0.1) is 0 Å². The van der Waals surface area contributed by atoms with Crippen LogP contribution in [0.4, 0.5) is 4.39 Å². The van der Waals surface area contributed by atoms with Crippen molar-refractivity contribution >= 4 is 5.91 Å². The summed E-state index contributed by atoms with van der Waals surface area (Å²) in [6.45, 7) is 4.03. The van der Waals surface area contributed by atoms with Gasteiger partial charge in [-0.05, 0) is 35.7 Å². The third kappa shape index (κ3) is 3.94. The van der Waals surface area contributed by atoms with Crippen molar-refractivity contribution in [2.24, 2.45) is 5.92 Å². The van der Waals surface area contributed by atoms with Gasteiger partial charge in [0.1, 0.15) is 5.82 Å². The number of para-hydroxylation sites is 1. The Bertz CT molecular complexity index is 841. The van der Waals surface area contributed by atoms with Gasteiger partial charge >= 0.3 is 0 Å². The number of benzene rings is 2. The van der Waals surface area contributed by atoms with E-state index >= 15 is 0 Å². The van der Waals surface area contributed by atoms with Crippen LogP contribution in [0.3, 0.4) is 0 Å². The van der Waals surface area contributed by atoms with E-state index in [0.29, 0.717) is 5.56 Å². The normalized spacial score (nSPS) is 12.2. The number of rotatable bonds is 5. The van der Waals surface area contributed by atoms with E-state index in [1.54, 1.807) is 29.2 Å². The zero-order chi connectivity index (χ0) is 17.8. The number of carbonyl (C=O) groups excluding carboxylic acids is 1. The van der Waals surface area contributed by atoms with Gasteiger partial charge in [0.05, 0.1) is 23.5 Å². The summed E-state index contributed by atoms with van der Waals surface area (Å²) >= 11 is 0. The molecule has 0 aliphatic rings. The predicted octanol–water partition coefficient (Wildman–Crippen LogP) is 4.14. The standard InChI is InChI=1S/C20H20FN3O/c1-14(2)19(15-8-10-17(21)11-9-15)23-20(25)16-12-22-24(13-16)18-6-4-3-5-7-18/h3-14,19H,1-2H3,(H,23,25)/t19-/m0/s1. The summed E-state index contributed by atoms with van der Waals surface area (Å²) in [4.78, 5) is 12.6. The molecular formula is C20H20FN3O. The van der Waals surface area contributed by atoms with Crippen molar-refractivity contribution in [1.29, 1.82) is 0 Å². The van der Waals surface area contributed by atoms with Crippen LogP contribution in [0, 0.1) is 11.7 Å². The molecule has 0 bridgehead atoms. The van der Waals surface area contributed by atoms with Crippen LogP contribution in [0.5, 0.6) is 0 Å². The quantitative estimate of drug-likeness (QED) is 0.761. The Kier molecular flexibility index (Phi) is 4.93. The van der Waals surface area contributed by atoms with Crippen molar-refractivity contribution < 1.29 is 9.18 Å². The number of carbonyl (C=O) groups is 1. The molecule has 0 aliphatic carbocycles. The molecule has 2 aromatic carbocycles. The molecule has 0 fully saturated rings. The fourth-order valence-corrected chi connectivity index (χ4v) is 2.69. The highest BCUT2D eigenvalue weighted by Crippen LogP contribution is 2.22. The van der Waals surface area contributed by atoms with E-state index in [9.17, 15) is 9.18 Å². The zero-order valence-electron chi connectivity index (χ0n) is 14.2. The molecule has 0 aliphatic heterocycles. The molecule has 0 saturated carbocycles. The molecule has 128 valence electrons. The molecule has 0 radical (unpaired) electrons. The van der Waals surface area contributed by atoms with Crippen LogP contribution in [0.2, 0.25) is 0 Å². The molecular weight excluding hydrogens is 317 g/mol. The molecule has 5 heteroatoms. The largest absolute Gasteiger partial charge is 0.345 e. The molecule has 25 heavy (non-hydrogen) atoms. The summed E-state index contributed by atoms with van der Waals surface area (Å²) in [7, 11) is 0. The van der Waals surface area contributed by atoms with Crippen LogP contribution in [0.25, 0.3) is 5.69 Å². The second-order valence-corrected chi connectivity index (χ2v) is 6.26. The third-order valence-electron chi connectivity index (χ3n) is 4.05. The highest BCUT2D eigenvalue weighted by Gasteiger charge is 2.20. The molecule has 4 nitrogen and oxygen atoms in total. The second-order valence-electron chi connectivity index (χ2n) is 6.26. The predicted molar refractivity (Wildman–Crippen MR) is 95.0 cm³/mol. The average molecular weight is 337 g/mol. The fourth-order valence-electron chi connectivity index (χ4n) is 2.69. The van der Waals surface area contributed by atoms with Crippen LogP contribution in [-0.4, -0.2) is 15.7 Å². The van der Waals surface area contributed by atoms with E-state index in [1.807, 2.05) is 44.2 Å². The summed E-state index contributed by atoms with van der Waals surface area (Å²) in [5.41, 5.74) is 2.25. The fraction of sp³-hybridized carbons (Fsp3) is 0.200. The van der Waals surface area contributed by atoms with Crippen molar-refractivity contribution in [2.75, 3.05) is 0 Å². The molecule has 1 N–H and O–H groups in total. The van der Waals surface area contributed by atoms with Crippen LogP contribution in [-0.2, 0) is 0 Å². The number of amides is 1. The van der Waals surface area contributed by atoms with Crippen LogP contribution in [0.1, 0.15) is 35.8 Å². The summed E-state index contributed by atoms with van der Waals surface area (Å²) < 4.78 is 14.8. The lowest BCUT2D eigenvalue weighted by Crippen LogP contribution is -2.31. The Balaban J connectivity index is 1.78. The first-order valence-corrected chi connectivity index (χ1v) is 8.21. The molecule has 0 saturated heterocycles. The summed E-state index contributed by atoms with van der Waals surface area (Å²) in [6.07, 6.45) is 3.25. The number of aromatic nitrogens is 2. The first-order chi connectivity index (χ1) is 12.0.